The standard InChI is InChI=1S/C27H30N6OS/c1-31-11-13-32(14-12-31)21-7-5-19(6-8-21)20-15-22-23(17-29-25(22)28-16-20)24-18-35-26(30-24)27(34)33-9-3-2-4-10-33/h5-8,15-18H,2-4,9-14H2,1H3,(H,28,29). The Balaban J connectivity index is 1.25. The molecule has 0 bridgehead atoms. The molecule has 0 saturated carbocycles. The molecule has 180 valence electrons. The van der Waals surface area contributed by atoms with Gasteiger partial charge in [0.15, 0.2) is 5.01 Å². The number of benzene rings is 1. The van der Waals surface area contributed by atoms with Crippen LogP contribution in [0, 0.1) is 0 Å². The van der Waals surface area contributed by atoms with Gasteiger partial charge in [0.1, 0.15) is 5.65 Å². The van der Waals surface area contributed by atoms with E-state index in [1.165, 1.54) is 23.4 Å². The number of carbonyl (C=O) groups is 1. The van der Waals surface area contributed by atoms with Crippen molar-refractivity contribution < 1.29 is 4.79 Å². The Morgan fingerprint density at radius 2 is 1.74 bits per heavy atom. The maximum Gasteiger partial charge on any atom is 0.282 e. The summed E-state index contributed by atoms with van der Waals surface area (Å²) >= 11 is 1.43. The Kier molecular flexibility index (Phi) is 6.00. The number of likely N-dealkylation sites (tertiary alicyclic amines) is 1. The zero-order valence-electron chi connectivity index (χ0n) is 20.0. The zero-order chi connectivity index (χ0) is 23.8. The molecule has 2 aliphatic heterocycles. The molecular weight excluding hydrogens is 456 g/mol. The van der Waals surface area contributed by atoms with Crippen LogP contribution in [0.15, 0.2) is 48.1 Å². The van der Waals surface area contributed by atoms with Crippen LogP contribution in [0.25, 0.3) is 33.4 Å². The number of pyridine rings is 1. The summed E-state index contributed by atoms with van der Waals surface area (Å²) in [5.41, 5.74) is 6.12. The lowest BCUT2D eigenvalue weighted by Gasteiger charge is -2.34. The quantitative estimate of drug-likeness (QED) is 0.452. The van der Waals surface area contributed by atoms with Gasteiger partial charge in [-0.15, -0.1) is 11.3 Å². The number of rotatable bonds is 4. The topological polar surface area (TPSA) is 68.4 Å². The van der Waals surface area contributed by atoms with Crippen LogP contribution in [0.5, 0.6) is 0 Å². The van der Waals surface area contributed by atoms with Crippen LogP contribution in [-0.4, -0.2) is 77.0 Å². The van der Waals surface area contributed by atoms with Gasteiger partial charge in [-0.25, -0.2) is 9.97 Å². The number of aromatic nitrogens is 3. The number of nitrogens with one attached hydrogen (secondary N) is 1. The van der Waals surface area contributed by atoms with Gasteiger partial charge in [-0.1, -0.05) is 12.1 Å². The lowest BCUT2D eigenvalue weighted by atomic mass is 10.0. The van der Waals surface area contributed by atoms with Crippen molar-refractivity contribution in [3.8, 4) is 22.4 Å². The Bertz CT molecular complexity index is 1330. The third-order valence-electron chi connectivity index (χ3n) is 7.21. The summed E-state index contributed by atoms with van der Waals surface area (Å²) in [6.07, 6.45) is 7.23. The molecule has 0 atom stereocenters. The van der Waals surface area contributed by atoms with E-state index < -0.39 is 0 Å². The number of nitrogens with zero attached hydrogens (tertiary/aromatic N) is 5. The zero-order valence-corrected chi connectivity index (χ0v) is 20.9. The molecule has 35 heavy (non-hydrogen) atoms. The van der Waals surface area contributed by atoms with Crippen molar-refractivity contribution in [1.29, 1.82) is 0 Å². The largest absolute Gasteiger partial charge is 0.369 e. The van der Waals surface area contributed by atoms with Gasteiger partial charge in [0.05, 0.1) is 5.69 Å². The first-order valence-corrected chi connectivity index (χ1v) is 13.3. The molecule has 0 aliphatic carbocycles. The highest BCUT2D eigenvalue weighted by Crippen LogP contribution is 2.32. The van der Waals surface area contributed by atoms with E-state index >= 15 is 0 Å². The van der Waals surface area contributed by atoms with Crippen molar-refractivity contribution in [2.75, 3.05) is 51.2 Å². The second-order valence-corrected chi connectivity index (χ2v) is 10.4. The summed E-state index contributed by atoms with van der Waals surface area (Å²) < 4.78 is 0. The van der Waals surface area contributed by atoms with Gasteiger partial charge >= 0.3 is 0 Å². The number of thiazole rings is 1. The summed E-state index contributed by atoms with van der Waals surface area (Å²) in [5.74, 6) is 0.0556. The van der Waals surface area contributed by atoms with Crippen LogP contribution in [0.1, 0.15) is 29.1 Å². The summed E-state index contributed by atoms with van der Waals surface area (Å²) in [7, 11) is 2.18. The predicted molar refractivity (Wildman–Crippen MR) is 142 cm³/mol. The minimum absolute atomic E-state index is 0.0556. The Labute approximate surface area is 209 Å². The van der Waals surface area contributed by atoms with Crippen LogP contribution in [-0.2, 0) is 0 Å². The molecule has 3 aromatic heterocycles. The number of amides is 1. The van der Waals surface area contributed by atoms with E-state index in [1.54, 1.807) is 0 Å². The van der Waals surface area contributed by atoms with E-state index in [-0.39, 0.29) is 5.91 Å². The number of H-pyrrole nitrogens is 1. The normalized spacial score (nSPS) is 17.3. The summed E-state index contributed by atoms with van der Waals surface area (Å²) in [5, 5.41) is 3.57. The Hall–Kier alpha value is -3.23. The average molecular weight is 487 g/mol. The number of fused-ring (bicyclic) bond motifs is 1. The number of anilines is 1. The summed E-state index contributed by atoms with van der Waals surface area (Å²) in [6.45, 7) is 5.99. The molecule has 4 aromatic rings. The van der Waals surface area contributed by atoms with Gasteiger partial charge < -0.3 is 19.7 Å². The van der Waals surface area contributed by atoms with Crippen molar-refractivity contribution in [3.63, 3.8) is 0 Å². The molecule has 1 amide bonds. The van der Waals surface area contributed by atoms with Crippen molar-refractivity contribution in [2.24, 2.45) is 0 Å². The average Bonchev–Trinajstić information content (AvgIpc) is 3.56. The number of piperazine rings is 1. The second kappa shape index (κ2) is 9.43. The van der Waals surface area contributed by atoms with Crippen LogP contribution in [0.3, 0.4) is 0 Å². The molecule has 5 heterocycles. The molecule has 2 aliphatic rings. The van der Waals surface area contributed by atoms with Crippen molar-refractivity contribution in [3.05, 3.63) is 53.1 Å². The summed E-state index contributed by atoms with van der Waals surface area (Å²) in [4.78, 5) is 32.3. The fourth-order valence-electron chi connectivity index (χ4n) is 5.03. The second-order valence-electron chi connectivity index (χ2n) is 9.55. The SMILES string of the molecule is CN1CCN(c2ccc(-c3cnc4[nH]cc(-c5csc(C(=O)N6CCCCC6)n5)c4c3)cc2)CC1. The fourth-order valence-corrected chi connectivity index (χ4v) is 5.81. The molecule has 0 unspecified atom stereocenters. The molecule has 7 nitrogen and oxygen atoms in total. The van der Waals surface area contributed by atoms with Gasteiger partial charge in [-0.3, -0.25) is 4.79 Å². The van der Waals surface area contributed by atoms with Crippen LogP contribution < -0.4 is 4.90 Å². The first-order valence-electron chi connectivity index (χ1n) is 12.4. The molecule has 8 heteroatoms. The summed E-state index contributed by atoms with van der Waals surface area (Å²) in [6, 6.07) is 11.0. The molecule has 2 saturated heterocycles. The van der Waals surface area contributed by atoms with Gasteiger partial charge in [0, 0.05) is 79.2 Å². The van der Waals surface area contributed by atoms with E-state index in [0.29, 0.717) is 5.01 Å². The number of hydrogen-bond acceptors (Lipinski definition) is 6. The lowest BCUT2D eigenvalue weighted by molar-refractivity contribution is 0.0724. The van der Waals surface area contributed by atoms with E-state index in [1.807, 2.05) is 22.7 Å². The number of aromatic amines is 1. The van der Waals surface area contributed by atoms with Crippen LogP contribution in [0.2, 0.25) is 0 Å². The third-order valence-corrected chi connectivity index (χ3v) is 8.04. The molecule has 1 aromatic carbocycles. The molecule has 0 spiro atoms. The van der Waals surface area contributed by atoms with Crippen LogP contribution in [0.4, 0.5) is 5.69 Å². The highest BCUT2D eigenvalue weighted by Gasteiger charge is 2.22. The van der Waals surface area contributed by atoms with Crippen molar-refractivity contribution in [1.82, 2.24) is 24.8 Å². The van der Waals surface area contributed by atoms with Gasteiger partial charge in [-0.2, -0.15) is 0 Å². The smallest absolute Gasteiger partial charge is 0.282 e. The minimum Gasteiger partial charge on any atom is -0.369 e. The van der Waals surface area contributed by atoms with Crippen LogP contribution >= 0.6 is 11.3 Å². The van der Waals surface area contributed by atoms with E-state index in [2.05, 4.69) is 57.1 Å². The Morgan fingerprint density at radius 1 is 0.971 bits per heavy atom. The number of carbonyl (C=O) groups excluding carboxylic acids is 1. The monoisotopic (exact) mass is 486 g/mol. The van der Waals surface area contributed by atoms with Crippen molar-refractivity contribution >= 4 is 34.0 Å². The van der Waals surface area contributed by atoms with Crippen molar-refractivity contribution in [2.45, 2.75) is 19.3 Å². The van der Waals surface area contributed by atoms with Gasteiger partial charge in [0.2, 0.25) is 0 Å². The first kappa shape index (κ1) is 22.2. The highest BCUT2D eigenvalue weighted by molar-refractivity contribution is 7.12. The molecule has 0 radical (unpaired) electrons. The Morgan fingerprint density at radius 3 is 2.51 bits per heavy atom. The maximum atomic E-state index is 12.9. The predicted octanol–water partition coefficient (Wildman–Crippen LogP) is 4.73. The maximum absolute atomic E-state index is 12.9. The molecule has 6 rings (SSSR count). The van der Waals surface area contributed by atoms with E-state index in [0.717, 1.165) is 85.5 Å². The van der Waals surface area contributed by atoms with Gasteiger partial charge in [0.25, 0.3) is 5.91 Å². The number of hydrogen-bond donors (Lipinski definition) is 1. The number of likely N-dealkylation sites (N-methyl/N-ethyl adjacent to an activating group) is 1. The third kappa shape index (κ3) is 4.44. The van der Waals surface area contributed by atoms with E-state index in [9.17, 15) is 4.79 Å². The first-order chi connectivity index (χ1) is 17.2. The minimum atomic E-state index is 0.0556. The molecule has 2 fully saturated rings. The molecular formula is C27H30N6OS. The van der Waals surface area contributed by atoms with E-state index in [4.69, 9.17) is 4.98 Å². The highest BCUT2D eigenvalue weighted by atomic mass is 32.1. The lowest BCUT2D eigenvalue weighted by Crippen LogP contribution is -2.44. The molecule has 1 N–H and O–H groups in total. The van der Waals surface area contributed by atoms with Gasteiger partial charge in [-0.05, 0) is 50.1 Å². The number of piperidine rings is 1. The fraction of sp³-hybridized carbons (Fsp3) is 0.370.